The molecule has 0 unspecified atom stereocenters. The van der Waals surface area contributed by atoms with Gasteiger partial charge < -0.3 is 10.2 Å². The molecule has 0 amide bonds. The third kappa shape index (κ3) is 3.20. The molecule has 0 heterocycles. The molecule has 3 aromatic rings. The van der Waals surface area contributed by atoms with Crippen molar-refractivity contribution in [1.29, 1.82) is 0 Å². The minimum Gasteiger partial charge on any atom is -0.508 e. The zero-order valence-corrected chi connectivity index (χ0v) is 15.4. The summed E-state index contributed by atoms with van der Waals surface area (Å²) in [5.74, 6) is -0.344. The van der Waals surface area contributed by atoms with Gasteiger partial charge in [0.15, 0.2) is 0 Å². The van der Waals surface area contributed by atoms with Gasteiger partial charge in [-0.05, 0) is 42.7 Å². The van der Waals surface area contributed by atoms with Gasteiger partial charge in [0.25, 0.3) is 0 Å². The molecule has 0 radical (unpaired) electrons. The number of hydrogen-bond acceptors (Lipinski definition) is 2. The molecule has 3 rings (SSSR count). The van der Waals surface area contributed by atoms with Crippen LogP contribution in [0, 0.1) is 13.8 Å². The molecule has 0 spiro atoms. The Hall–Kier alpha value is -2.16. The average molecular weight is 373 g/mol. The Labute approximate surface area is 157 Å². The summed E-state index contributed by atoms with van der Waals surface area (Å²) in [4.78, 5) is 0. The lowest BCUT2D eigenvalue weighted by Crippen LogP contribution is -2.07. The molecule has 0 bridgehead atoms. The van der Waals surface area contributed by atoms with E-state index in [9.17, 15) is 10.2 Å². The van der Waals surface area contributed by atoms with Crippen LogP contribution in [0.2, 0.25) is 10.0 Å². The lowest BCUT2D eigenvalue weighted by Gasteiger charge is -2.24. The Morgan fingerprint density at radius 2 is 1.12 bits per heavy atom. The van der Waals surface area contributed by atoms with E-state index in [0.717, 1.165) is 16.7 Å². The maximum Gasteiger partial charge on any atom is 0.121 e. The van der Waals surface area contributed by atoms with Gasteiger partial charge in [0.05, 0.1) is 10.0 Å². The van der Waals surface area contributed by atoms with E-state index in [4.69, 9.17) is 23.2 Å². The second kappa shape index (κ2) is 6.99. The summed E-state index contributed by atoms with van der Waals surface area (Å²) in [6, 6.07) is 16.4. The van der Waals surface area contributed by atoms with E-state index in [0.29, 0.717) is 21.2 Å². The number of aryl methyl sites for hydroxylation is 2. The first kappa shape index (κ1) is 17.7. The van der Waals surface area contributed by atoms with Gasteiger partial charge in [-0.2, -0.15) is 0 Å². The molecular weight excluding hydrogens is 355 g/mol. The molecule has 0 saturated heterocycles. The topological polar surface area (TPSA) is 40.5 Å². The lowest BCUT2D eigenvalue weighted by molar-refractivity contribution is 0.458. The highest BCUT2D eigenvalue weighted by atomic mass is 35.5. The quantitative estimate of drug-likeness (QED) is 0.537. The minimum atomic E-state index is -0.485. The Bertz CT molecular complexity index is 863. The third-order valence-electron chi connectivity index (χ3n) is 4.41. The van der Waals surface area contributed by atoms with Gasteiger partial charge in [-0.1, -0.05) is 65.7 Å². The van der Waals surface area contributed by atoms with Crippen LogP contribution in [0.25, 0.3) is 0 Å². The zero-order valence-electron chi connectivity index (χ0n) is 13.9. The first-order valence-corrected chi connectivity index (χ1v) is 8.68. The molecule has 0 aliphatic carbocycles. The summed E-state index contributed by atoms with van der Waals surface area (Å²) in [6.07, 6.45) is 0. The minimum absolute atomic E-state index is 0.0708. The number of aromatic hydroxyl groups is 2. The molecule has 128 valence electrons. The molecule has 25 heavy (non-hydrogen) atoms. The van der Waals surface area contributed by atoms with Crippen LogP contribution in [0.4, 0.5) is 0 Å². The Morgan fingerprint density at radius 3 is 1.56 bits per heavy atom. The average Bonchev–Trinajstić information content (AvgIpc) is 2.61. The summed E-state index contributed by atoms with van der Waals surface area (Å²) in [7, 11) is 0. The van der Waals surface area contributed by atoms with Crippen LogP contribution in [0.5, 0.6) is 11.5 Å². The van der Waals surface area contributed by atoms with E-state index in [1.807, 2.05) is 44.2 Å². The van der Waals surface area contributed by atoms with E-state index >= 15 is 0 Å². The number of halogens is 2. The normalized spacial score (nSPS) is 11.1. The Morgan fingerprint density at radius 1 is 0.680 bits per heavy atom. The Balaban J connectivity index is 2.39. The molecule has 2 N–H and O–H groups in total. The van der Waals surface area contributed by atoms with Crippen molar-refractivity contribution in [3.63, 3.8) is 0 Å². The fraction of sp³-hybridized carbons (Fsp3) is 0.143. The standard InChI is InChI=1S/C21H18Cl2O2/c1-12-8-10-15(24)18(20(12)22)17(14-6-4-3-5-7-14)19-16(25)11-9-13(2)21(19)23/h3-11,17,24-25H,1-2H3. The van der Waals surface area contributed by atoms with Crippen molar-refractivity contribution in [2.45, 2.75) is 19.8 Å². The van der Waals surface area contributed by atoms with E-state index in [1.54, 1.807) is 24.3 Å². The third-order valence-corrected chi connectivity index (χ3v) is 5.41. The summed E-state index contributed by atoms with van der Waals surface area (Å²) in [5.41, 5.74) is 3.65. The molecule has 0 aliphatic rings. The van der Waals surface area contributed by atoms with Crippen LogP contribution in [-0.4, -0.2) is 10.2 Å². The van der Waals surface area contributed by atoms with Crippen LogP contribution >= 0.6 is 23.2 Å². The van der Waals surface area contributed by atoms with Crippen molar-refractivity contribution in [1.82, 2.24) is 0 Å². The van der Waals surface area contributed by atoms with Crippen LogP contribution in [0.1, 0.15) is 33.7 Å². The maximum atomic E-state index is 10.6. The first-order chi connectivity index (χ1) is 11.9. The summed E-state index contributed by atoms with van der Waals surface area (Å²) in [6.45, 7) is 3.76. The number of benzene rings is 3. The number of phenolic OH excluding ortho intramolecular Hbond substituents is 2. The monoisotopic (exact) mass is 372 g/mol. The second-order valence-corrected chi connectivity index (χ2v) is 6.86. The van der Waals surface area contributed by atoms with Crippen molar-refractivity contribution in [2.24, 2.45) is 0 Å². The van der Waals surface area contributed by atoms with E-state index < -0.39 is 5.92 Å². The highest BCUT2D eigenvalue weighted by Crippen LogP contribution is 2.47. The van der Waals surface area contributed by atoms with Crippen LogP contribution < -0.4 is 0 Å². The Kier molecular flexibility index (Phi) is 4.94. The summed E-state index contributed by atoms with van der Waals surface area (Å²) < 4.78 is 0. The summed E-state index contributed by atoms with van der Waals surface area (Å²) in [5, 5.41) is 22.0. The largest absolute Gasteiger partial charge is 0.508 e. The fourth-order valence-electron chi connectivity index (χ4n) is 3.06. The molecule has 0 atom stereocenters. The van der Waals surface area contributed by atoms with Gasteiger partial charge in [-0.3, -0.25) is 0 Å². The number of rotatable bonds is 3. The van der Waals surface area contributed by atoms with Crippen LogP contribution in [0.3, 0.4) is 0 Å². The van der Waals surface area contributed by atoms with Crippen molar-refractivity contribution >= 4 is 23.2 Å². The fourth-order valence-corrected chi connectivity index (χ4v) is 3.59. The van der Waals surface area contributed by atoms with E-state index in [1.165, 1.54) is 0 Å². The van der Waals surface area contributed by atoms with Gasteiger partial charge in [-0.25, -0.2) is 0 Å². The molecule has 0 fully saturated rings. The van der Waals surface area contributed by atoms with Gasteiger partial charge in [0.1, 0.15) is 11.5 Å². The highest BCUT2D eigenvalue weighted by molar-refractivity contribution is 6.33. The van der Waals surface area contributed by atoms with Crippen LogP contribution in [0.15, 0.2) is 54.6 Å². The zero-order chi connectivity index (χ0) is 18.1. The number of hydrogen-bond donors (Lipinski definition) is 2. The molecule has 3 aromatic carbocycles. The van der Waals surface area contributed by atoms with Crippen molar-refractivity contribution in [3.8, 4) is 11.5 Å². The van der Waals surface area contributed by atoms with E-state index in [-0.39, 0.29) is 11.5 Å². The molecular formula is C21H18Cl2O2. The smallest absolute Gasteiger partial charge is 0.121 e. The predicted octanol–water partition coefficient (Wildman–Crippen LogP) is 6.20. The SMILES string of the molecule is Cc1ccc(O)c(C(c2ccccc2)c2c(O)ccc(C)c2Cl)c1Cl. The summed E-state index contributed by atoms with van der Waals surface area (Å²) >= 11 is 13.1. The molecule has 4 heteroatoms. The highest BCUT2D eigenvalue weighted by Gasteiger charge is 2.28. The number of phenols is 2. The molecule has 0 saturated carbocycles. The van der Waals surface area contributed by atoms with Crippen molar-refractivity contribution < 1.29 is 10.2 Å². The maximum absolute atomic E-state index is 10.6. The van der Waals surface area contributed by atoms with E-state index in [2.05, 4.69) is 0 Å². The molecule has 0 aliphatic heterocycles. The second-order valence-electron chi connectivity index (χ2n) is 6.10. The molecule has 2 nitrogen and oxygen atoms in total. The predicted molar refractivity (Wildman–Crippen MR) is 103 cm³/mol. The van der Waals surface area contributed by atoms with Gasteiger partial charge in [0, 0.05) is 17.0 Å². The van der Waals surface area contributed by atoms with Crippen molar-refractivity contribution in [2.75, 3.05) is 0 Å². The van der Waals surface area contributed by atoms with Crippen molar-refractivity contribution in [3.05, 3.63) is 92.5 Å². The van der Waals surface area contributed by atoms with Crippen LogP contribution in [-0.2, 0) is 0 Å². The van der Waals surface area contributed by atoms with Gasteiger partial charge >= 0.3 is 0 Å². The van der Waals surface area contributed by atoms with Gasteiger partial charge in [0.2, 0.25) is 0 Å². The first-order valence-electron chi connectivity index (χ1n) is 7.92. The molecule has 0 aromatic heterocycles. The lowest BCUT2D eigenvalue weighted by atomic mass is 9.83. The van der Waals surface area contributed by atoms with Gasteiger partial charge in [-0.15, -0.1) is 0 Å².